The average molecular weight is 397 g/mol. The highest BCUT2D eigenvalue weighted by Crippen LogP contribution is 2.38. The van der Waals surface area contributed by atoms with Crippen LogP contribution in [0.2, 0.25) is 5.02 Å². The van der Waals surface area contributed by atoms with E-state index in [1.807, 2.05) is 0 Å². The molecule has 1 aromatic carbocycles. The predicted octanol–water partition coefficient (Wildman–Crippen LogP) is 2.65. The first kappa shape index (κ1) is 19.6. The van der Waals surface area contributed by atoms with Gasteiger partial charge in [0.2, 0.25) is 0 Å². The van der Waals surface area contributed by atoms with Gasteiger partial charge in [0.25, 0.3) is 0 Å². The molecule has 0 unspecified atom stereocenters. The molecule has 0 saturated heterocycles. The number of ketones is 3. The Morgan fingerprint density at radius 2 is 1.68 bits per heavy atom. The molecule has 0 amide bonds. The number of alkyl halides is 3. The van der Waals surface area contributed by atoms with Crippen LogP contribution >= 0.6 is 11.6 Å². The summed E-state index contributed by atoms with van der Waals surface area (Å²) < 4.78 is 61.0. The van der Waals surface area contributed by atoms with Crippen molar-refractivity contribution in [2.24, 2.45) is 11.8 Å². The summed E-state index contributed by atoms with van der Waals surface area (Å²) in [7, 11) is -3.59. The topological polar surface area (TPSA) is 85.3 Å². The Morgan fingerprint density at radius 1 is 1.16 bits per heavy atom. The Hall–Kier alpha value is -1.74. The summed E-state index contributed by atoms with van der Waals surface area (Å²) in [6.45, 7) is 0. The molecule has 0 atom stereocenters. The largest absolute Gasteiger partial charge is 0.392 e. The quantitative estimate of drug-likeness (QED) is 0.579. The van der Waals surface area contributed by atoms with Crippen molar-refractivity contribution in [2.75, 3.05) is 6.26 Å². The highest BCUT2D eigenvalue weighted by Gasteiger charge is 2.50. The number of carbonyl (C=O) groups is 3. The highest BCUT2D eigenvalue weighted by atomic mass is 35.5. The number of Topliss-reactive ketones (excluding diaryl/α,β-unsaturated/α-hetero) is 3. The van der Waals surface area contributed by atoms with Crippen LogP contribution in [-0.4, -0.2) is 38.2 Å². The van der Waals surface area contributed by atoms with E-state index in [1.54, 1.807) is 0 Å². The Morgan fingerprint density at radius 3 is 2.08 bits per heavy atom. The Labute approximate surface area is 146 Å². The van der Waals surface area contributed by atoms with Gasteiger partial charge in [-0.1, -0.05) is 11.6 Å². The molecule has 1 saturated carbocycles. The molecule has 1 aliphatic rings. The Bertz CT molecular complexity index is 842. The SMILES string of the molecule is CS(=O)(=O)c1ccc(C(=O)C2C(=O)CC(C(F)(F)F)CC2=O)c(Cl)c1. The third kappa shape index (κ3) is 4.09. The van der Waals surface area contributed by atoms with Crippen molar-refractivity contribution in [3.63, 3.8) is 0 Å². The maximum atomic E-state index is 12.7. The zero-order valence-electron chi connectivity index (χ0n) is 12.8. The molecule has 1 fully saturated rings. The van der Waals surface area contributed by atoms with Gasteiger partial charge in [0.15, 0.2) is 27.2 Å². The van der Waals surface area contributed by atoms with Crippen LogP contribution in [0.15, 0.2) is 23.1 Å². The Balaban J connectivity index is 2.33. The van der Waals surface area contributed by atoms with Crippen molar-refractivity contribution in [2.45, 2.75) is 23.9 Å². The molecule has 136 valence electrons. The lowest BCUT2D eigenvalue weighted by molar-refractivity contribution is -0.186. The Kier molecular flexibility index (Phi) is 5.11. The van der Waals surface area contributed by atoms with E-state index in [-0.39, 0.29) is 15.5 Å². The normalized spacial score (nSPS) is 22.1. The maximum absolute atomic E-state index is 12.7. The van der Waals surface area contributed by atoms with Gasteiger partial charge >= 0.3 is 6.18 Å². The van der Waals surface area contributed by atoms with Gasteiger partial charge in [-0.25, -0.2) is 8.42 Å². The second kappa shape index (κ2) is 6.53. The van der Waals surface area contributed by atoms with E-state index in [4.69, 9.17) is 11.6 Å². The predicted molar refractivity (Wildman–Crippen MR) is 81.2 cm³/mol. The van der Waals surface area contributed by atoms with E-state index in [0.29, 0.717) is 0 Å². The fourth-order valence-electron chi connectivity index (χ4n) is 2.58. The summed E-state index contributed by atoms with van der Waals surface area (Å²) in [6.07, 6.45) is -5.69. The van der Waals surface area contributed by atoms with E-state index in [0.717, 1.165) is 24.5 Å². The maximum Gasteiger partial charge on any atom is 0.392 e. The summed E-state index contributed by atoms with van der Waals surface area (Å²) >= 11 is 5.86. The molecule has 0 radical (unpaired) electrons. The molecule has 0 bridgehead atoms. The summed E-state index contributed by atoms with van der Waals surface area (Å²) in [5.41, 5.74) is -0.286. The average Bonchev–Trinajstić information content (AvgIpc) is 2.44. The summed E-state index contributed by atoms with van der Waals surface area (Å²) in [5, 5.41) is -0.300. The number of hydrogen-bond donors (Lipinski definition) is 0. The minimum Gasteiger partial charge on any atom is -0.298 e. The van der Waals surface area contributed by atoms with Gasteiger partial charge in [0.05, 0.1) is 15.8 Å². The molecule has 25 heavy (non-hydrogen) atoms. The van der Waals surface area contributed by atoms with Crippen molar-refractivity contribution in [1.82, 2.24) is 0 Å². The molecule has 0 aromatic heterocycles. The molecule has 0 spiro atoms. The molecule has 0 N–H and O–H groups in total. The number of sulfone groups is 1. The van der Waals surface area contributed by atoms with Gasteiger partial charge in [-0.15, -0.1) is 0 Å². The van der Waals surface area contributed by atoms with Crippen molar-refractivity contribution in [1.29, 1.82) is 0 Å². The van der Waals surface area contributed by atoms with Gasteiger partial charge in [-0.3, -0.25) is 14.4 Å². The molecule has 0 aliphatic heterocycles. The van der Waals surface area contributed by atoms with Gasteiger partial charge in [-0.2, -0.15) is 13.2 Å². The van der Waals surface area contributed by atoms with Gasteiger partial charge < -0.3 is 0 Å². The standard InChI is InChI=1S/C15H12ClF3O5S/c1-25(23,24)8-2-3-9(10(16)6-8)14(22)13-11(20)4-7(5-12(13)21)15(17,18)19/h2-3,6-7,13H,4-5H2,1H3. The van der Waals surface area contributed by atoms with Crippen LogP contribution in [0.1, 0.15) is 23.2 Å². The van der Waals surface area contributed by atoms with Crippen LogP contribution in [0.3, 0.4) is 0 Å². The van der Waals surface area contributed by atoms with E-state index in [9.17, 15) is 36.0 Å². The van der Waals surface area contributed by atoms with Crippen molar-refractivity contribution < 1.29 is 36.0 Å². The molecular formula is C15H12ClF3O5S. The second-order valence-corrected chi connectivity index (χ2v) is 8.21. The van der Waals surface area contributed by atoms with Crippen molar-refractivity contribution >= 4 is 38.8 Å². The number of benzene rings is 1. The fourth-order valence-corrected chi connectivity index (χ4v) is 3.56. The van der Waals surface area contributed by atoms with Crippen molar-refractivity contribution in [3.05, 3.63) is 28.8 Å². The first-order valence-corrected chi connectivity index (χ1v) is 9.25. The zero-order chi connectivity index (χ0) is 19.2. The fraction of sp³-hybridized carbons (Fsp3) is 0.400. The number of rotatable bonds is 3. The molecule has 1 aliphatic carbocycles. The van der Waals surface area contributed by atoms with Gasteiger partial charge in [-0.05, 0) is 18.2 Å². The second-order valence-electron chi connectivity index (χ2n) is 5.79. The molecular weight excluding hydrogens is 385 g/mol. The van der Waals surface area contributed by atoms with Crippen LogP contribution in [0.4, 0.5) is 13.2 Å². The van der Waals surface area contributed by atoms with E-state index in [2.05, 4.69) is 0 Å². The number of halogens is 4. The van der Waals surface area contributed by atoms with Crippen LogP contribution in [0.25, 0.3) is 0 Å². The van der Waals surface area contributed by atoms with Crippen molar-refractivity contribution in [3.8, 4) is 0 Å². The van der Waals surface area contributed by atoms with Crippen LogP contribution < -0.4 is 0 Å². The van der Waals surface area contributed by atoms with Crippen LogP contribution in [-0.2, 0) is 19.4 Å². The molecule has 1 aromatic rings. The summed E-state index contributed by atoms with van der Waals surface area (Å²) in [6, 6.07) is 3.10. The monoisotopic (exact) mass is 396 g/mol. The molecule has 10 heteroatoms. The number of carbonyl (C=O) groups excluding carboxylic acids is 3. The van der Waals surface area contributed by atoms with Gasteiger partial charge in [0.1, 0.15) is 5.92 Å². The summed E-state index contributed by atoms with van der Waals surface area (Å²) in [5.74, 6) is -7.21. The van der Waals surface area contributed by atoms with E-state index in [1.165, 1.54) is 0 Å². The van der Waals surface area contributed by atoms with Gasteiger partial charge in [0, 0.05) is 24.7 Å². The minimum atomic E-state index is -4.70. The number of hydrogen-bond acceptors (Lipinski definition) is 5. The lowest BCUT2D eigenvalue weighted by Crippen LogP contribution is -2.43. The third-order valence-corrected chi connectivity index (χ3v) is 5.32. The van der Waals surface area contributed by atoms with E-state index < -0.39 is 58.0 Å². The first-order valence-electron chi connectivity index (χ1n) is 6.98. The summed E-state index contributed by atoms with van der Waals surface area (Å²) in [4.78, 5) is 36.1. The molecule has 2 rings (SSSR count). The zero-order valence-corrected chi connectivity index (χ0v) is 14.3. The first-order chi connectivity index (χ1) is 11.3. The lowest BCUT2D eigenvalue weighted by Gasteiger charge is -2.27. The molecule has 5 nitrogen and oxygen atoms in total. The lowest BCUT2D eigenvalue weighted by atomic mass is 9.76. The van der Waals surface area contributed by atoms with E-state index >= 15 is 0 Å². The molecule has 0 heterocycles. The minimum absolute atomic E-state index is 0.174. The smallest absolute Gasteiger partial charge is 0.298 e. The third-order valence-electron chi connectivity index (χ3n) is 3.90. The van der Waals surface area contributed by atoms with Crippen LogP contribution in [0.5, 0.6) is 0 Å². The van der Waals surface area contributed by atoms with Crippen LogP contribution in [0, 0.1) is 11.8 Å². The highest BCUT2D eigenvalue weighted by molar-refractivity contribution is 7.90.